The smallest absolute Gasteiger partial charge is 0.326 e. The van der Waals surface area contributed by atoms with Crippen LogP contribution < -0.4 is 10.6 Å². The molecular weight excluding hydrogens is 220 g/mol. The van der Waals surface area contributed by atoms with Crippen molar-refractivity contribution in [2.45, 2.75) is 52.1 Å². The van der Waals surface area contributed by atoms with Gasteiger partial charge in [-0.2, -0.15) is 0 Å². The third-order valence-electron chi connectivity index (χ3n) is 3.26. The summed E-state index contributed by atoms with van der Waals surface area (Å²) in [5.41, 5.74) is -1.13. The predicted octanol–water partition coefficient (Wildman–Crippen LogP) is 0.744. The van der Waals surface area contributed by atoms with Crippen LogP contribution in [-0.4, -0.2) is 35.1 Å². The van der Waals surface area contributed by atoms with E-state index in [1.54, 1.807) is 20.8 Å². The van der Waals surface area contributed by atoms with Crippen molar-refractivity contribution in [1.82, 2.24) is 10.6 Å². The molecule has 0 aromatic heterocycles. The van der Waals surface area contributed by atoms with E-state index in [9.17, 15) is 9.59 Å². The molecule has 0 aromatic carbocycles. The van der Waals surface area contributed by atoms with E-state index in [0.717, 1.165) is 19.4 Å². The van der Waals surface area contributed by atoms with Crippen molar-refractivity contribution in [2.75, 3.05) is 6.54 Å². The van der Waals surface area contributed by atoms with E-state index in [2.05, 4.69) is 10.6 Å². The SMILES string of the molecule is CC1(C(=O)NC(C(=O)O)C(C)(C)C)CCCN1. The molecule has 5 nitrogen and oxygen atoms in total. The van der Waals surface area contributed by atoms with Crippen molar-refractivity contribution in [3.05, 3.63) is 0 Å². The summed E-state index contributed by atoms with van der Waals surface area (Å²) in [6, 6.07) is -0.866. The Hall–Kier alpha value is -1.10. The lowest BCUT2D eigenvalue weighted by Gasteiger charge is -2.31. The zero-order chi connectivity index (χ0) is 13.3. The van der Waals surface area contributed by atoms with Crippen molar-refractivity contribution in [3.63, 3.8) is 0 Å². The number of carbonyl (C=O) groups is 2. The average Bonchev–Trinajstić information content (AvgIpc) is 2.60. The predicted molar refractivity (Wildman–Crippen MR) is 64.7 cm³/mol. The minimum Gasteiger partial charge on any atom is -0.480 e. The Bertz CT molecular complexity index is 314. The second-order valence-corrected chi connectivity index (χ2v) is 5.97. The number of amides is 1. The van der Waals surface area contributed by atoms with E-state index in [0.29, 0.717) is 0 Å². The van der Waals surface area contributed by atoms with Crippen molar-refractivity contribution < 1.29 is 14.7 Å². The molecule has 2 atom stereocenters. The van der Waals surface area contributed by atoms with Crippen LogP contribution in [0.3, 0.4) is 0 Å². The molecule has 1 aliphatic rings. The van der Waals surface area contributed by atoms with Crippen molar-refractivity contribution >= 4 is 11.9 Å². The maximum atomic E-state index is 12.1. The first-order valence-corrected chi connectivity index (χ1v) is 5.95. The normalized spacial score (nSPS) is 26.6. The van der Waals surface area contributed by atoms with Gasteiger partial charge in [0, 0.05) is 0 Å². The molecule has 17 heavy (non-hydrogen) atoms. The molecular formula is C12H22N2O3. The zero-order valence-corrected chi connectivity index (χ0v) is 11.0. The Labute approximate surface area is 102 Å². The van der Waals surface area contributed by atoms with Crippen LogP contribution >= 0.6 is 0 Å². The fraction of sp³-hybridized carbons (Fsp3) is 0.833. The summed E-state index contributed by atoms with van der Waals surface area (Å²) in [4.78, 5) is 23.3. The highest BCUT2D eigenvalue weighted by atomic mass is 16.4. The minimum absolute atomic E-state index is 0.225. The van der Waals surface area contributed by atoms with Gasteiger partial charge in [0.2, 0.25) is 5.91 Å². The number of hydrogen-bond donors (Lipinski definition) is 3. The quantitative estimate of drug-likeness (QED) is 0.682. The van der Waals surface area contributed by atoms with Crippen LogP contribution in [0.5, 0.6) is 0 Å². The van der Waals surface area contributed by atoms with Gasteiger partial charge in [0.05, 0.1) is 5.54 Å². The van der Waals surface area contributed by atoms with Gasteiger partial charge in [-0.1, -0.05) is 20.8 Å². The zero-order valence-electron chi connectivity index (χ0n) is 11.0. The van der Waals surface area contributed by atoms with Crippen LogP contribution in [-0.2, 0) is 9.59 Å². The minimum atomic E-state index is -0.993. The van der Waals surface area contributed by atoms with Crippen molar-refractivity contribution in [3.8, 4) is 0 Å². The van der Waals surface area contributed by atoms with E-state index in [1.165, 1.54) is 0 Å². The van der Waals surface area contributed by atoms with Gasteiger partial charge < -0.3 is 15.7 Å². The second-order valence-electron chi connectivity index (χ2n) is 5.97. The molecule has 3 N–H and O–H groups in total. The van der Waals surface area contributed by atoms with Crippen LogP contribution in [0.25, 0.3) is 0 Å². The monoisotopic (exact) mass is 242 g/mol. The van der Waals surface area contributed by atoms with Gasteiger partial charge in [-0.15, -0.1) is 0 Å². The highest BCUT2D eigenvalue weighted by Gasteiger charge is 2.40. The molecule has 0 aromatic rings. The Balaban J connectivity index is 2.75. The van der Waals surface area contributed by atoms with Crippen LogP contribution in [0.15, 0.2) is 0 Å². The number of nitrogens with one attached hydrogen (secondary N) is 2. The van der Waals surface area contributed by atoms with Gasteiger partial charge in [0.25, 0.3) is 0 Å². The molecule has 0 bridgehead atoms. The summed E-state index contributed by atoms with van der Waals surface area (Å²) in [5, 5.41) is 14.9. The first kappa shape index (κ1) is 14.0. The molecule has 5 heteroatoms. The van der Waals surface area contributed by atoms with Crippen LogP contribution in [0.4, 0.5) is 0 Å². The molecule has 0 saturated carbocycles. The lowest BCUT2D eigenvalue weighted by molar-refractivity contribution is -0.145. The Morgan fingerprint density at radius 1 is 1.41 bits per heavy atom. The number of rotatable bonds is 3. The van der Waals surface area contributed by atoms with Gasteiger partial charge in [-0.3, -0.25) is 4.79 Å². The van der Waals surface area contributed by atoms with Gasteiger partial charge >= 0.3 is 5.97 Å². The number of hydrogen-bond acceptors (Lipinski definition) is 3. The first-order valence-electron chi connectivity index (χ1n) is 5.95. The lowest BCUT2D eigenvalue weighted by Crippen LogP contribution is -2.58. The molecule has 1 heterocycles. The molecule has 0 spiro atoms. The van der Waals surface area contributed by atoms with Gasteiger partial charge in [0.15, 0.2) is 0 Å². The maximum absolute atomic E-state index is 12.1. The van der Waals surface area contributed by atoms with Crippen LogP contribution in [0.1, 0.15) is 40.5 Å². The molecule has 1 fully saturated rings. The summed E-state index contributed by atoms with van der Waals surface area (Å²) in [5.74, 6) is -1.22. The number of aliphatic carboxylic acids is 1. The molecule has 1 saturated heterocycles. The van der Waals surface area contributed by atoms with Crippen molar-refractivity contribution in [2.24, 2.45) is 5.41 Å². The summed E-state index contributed by atoms with van der Waals surface area (Å²) < 4.78 is 0. The van der Waals surface area contributed by atoms with Gasteiger partial charge in [0.1, 0.15) is 6.04 Å². The number of carboxylic acids is 1. The third kappa shape index (κ3) is 3.19. The summed E-state index contributed by atoms with van der Waals surface area (Å²) in [6.45, 7) is 8.03. The molecule has 0 aliphatic carbocycles. The molecule has 0 radical (unpaired) electrons. The number of carboxylic acid groups (broad SMARTS) is 1. The maximum Gasteiger partial charge on any atom is 0.326 e. The largest absolute Gasteiger partial charge is 0.480 e. The summed E-state index contributed by atoms with van der Waals surface area (Å²) in [6.07, 6.45) is 1.69. The Morgan fingerprint density at radius 3 is 2.35 bits per heavy atom. The lowest BCUT2D eigenvalue weighted by atomic mass is 9.86. The van der Waals surface area contributed by atoms with Crippen LogP contribution in [0, 0.1) is 5.41 Å². The average molecular weight is 242 g/mol. The van der Waals surface area contributed by atoms with Gasteiger partial charge in [-0.25, -0.2) is 4.79 Å². The van der Waals surface area contributed by atoms with E-state index < -0.39 is 23.0 Å². The molecule has 1 aliphatic heterocycles. The third-order valence-corrected chi connectivity index (χ3v) is 3.26. The summed E-state index contributed by atoms with van der Waals surface area (Å²) >= 11 is 0. The van der Waals surface area contributed by atoms with E-state index >= 15 is 0 Å². The first-order chi connectivity index (χ1) is 7.67. The fourth-order valence-electron chi connectivity index (χ4n) is 2.03. The molecule has 2 unspecified atom stereocenters. The van der Waals surface area contributed by atoms with Crippen molar-refractivity contribution in [1.29, 1.82) is 0 Å². The highest BCUT2D eigenvalue weighted by molar-refractivity contribution is 5.90. The Morgan fingerprint density at radius 2 is 2.00 bits per heavy atom. The topological polar surface area (TPSA) is 78.4 Å². The molecule has 98 valence electrons. The van der Waals surface area contributed by atoms with E-state index in [1.807, 2.05) is 6.92 Å². The highest BCUT2D eigenvalue weighted by Crippen LogP contribution is 2.23. The Kier molecular flexibility index (Phi) is 3.81. The second kappa shape index (κ2) is 4.64. The number of carbonyl (C=O) groups excluding carboxylic acids is 1. The van der Waals surface area contributed by atoms with Crippen LogP contribution in [0.2, 0.25) is 0 Å². The standard InChI is InChI=1S/C12H22N2O3/c1-11(2,3)8(9(15)16)14-10(17)12(4)6-5-7-13-12/h8,13H,5-7H2,1-4H3,(H,14,17)(H,15,16). The summed E-state index contributed by atoms with van der Waals surface area (Å²) in [7, 11) is 0. The molecule has 1 rings (SSSR count). The molecule has 1 amide bonds. The van der Waals surface area contributed by atoms with E-state index in [4.69, 9.17) is 5.11 Å². The fourth-order valence-corrected chi connectivity index (χ4v) is 2.03. The van der Waals surface area contributed by atoms with E-state index in [-0.39, 0.29) is 5.91 Å². The van der Waals surface area contributed by atoms with Gasteiger partial charge in [-0.05, 0) is 31.7 Å².